The molecule has 5 rings (SSSR count). The maximum Gasteiger partial charge on any atom is 0.321 e. The zero-order valence-electron chi connectivity index (χ0n) is 15.3. The molecule has 0 radical (unpaired) electrons. The molecule has 1 saturated carbocycles. The topological polar surface area (TPSA) is 78.4 Å². The third-order valence-electron chi connectivity index (χ3n) is 6.11. The van der Waals surface area contributed by atoms with E-state index in [2.05, 4.69) is 25.9 Å². The highest BCUT2D eigenvalue weighted by Gasteiger charge is 2.63. The van der Waals surface area contributed by atoms with Gasteiger partial charge in [-0.2, -0.15) is 0 Å². The van der Waals surface area contributed by atoms with Crippen LogP contribution >= 0.6 is 15.9 Å². The molecule has 0 N–H and O–H groups in total. The number of ether oxygens (including phenoxy) is 2. The van der Waals surface area contributed by atoms with E-state index in [9.17, 15) is 9.59 Å². The van der Waals surface area contributed by atoms with Crippen LogP contribution in [0.2, 0.25) is 0 Å². The van der Waals surface area contributed by atoms with Crippen LogP contribution in [0.4, 0.5) is 0 Å². The molecule has 3 fully saturated rings. The van der Waals surface area contributed by atoms with Crippen LogP contribution in [0, 0.1) is 11.8 Å². The molecule has 144 valence electrons. The lowest BCUT2D eigenvalue weighted by atomic mass is 9.81. The monoisotopic (exact) mass is 442 g/mol. The van der Waals surface area contributed by atoms with Crippen molar-refractivity contribution in [2.24, 2.45) is 11.8 Å². The fourth-order valence-electron chi connectivity index (χ4n) is 4.92. The first kappa shape index (κ1) is 17.9. The Morgan fingerprint density at radius 3 is 2.36 bits per heavy atom. The van der Waals surface area contributed by atoms with Gasteiger partial charge in [0.1, 0.15) is 11.7 Å². The Balaban J connectivity index is 1.49. The molecular weight excluding hydrogens is 424 g/mol. The van der Waals surface area contributed by atoms with Gasteiger partial charge in [0.15, 0.2) is 11.6 Å². The summed E-state index contributed by atoms with van der Waals surface area (Å²) >= 11 is 3.29. The van der Waals surface area contributed by atoms with Crippen molar-refractivity contribution in [3.05, 3.63) is 46.2 Å². The van der Waals surface area contributed by atoms with Gasteiger partial charge in [-0.05, 0) is 58.5 Å². The summed E-state index contributed by atoms with van der Waals surface area (Å²) in [6.45, 7) is 2.02. The number of halogens is 1. The van der Waals surface area contributed by atoms with E-state index in [1.54, 1.807) is 18.5 Å². The number of carbonyl (C=O) groups is 2. The molecule has 0 spiro atoms. The number of rotatable bonds is 4. The molecule has 2 saturated heterocycles. The molecule has 28 heavy (non-hydrogen) atoms. The molecular formula is C21H19BrN2O4. The summed E-state index contributed by atoms with van der Waals surface area (Å²) in [7, 11) is 0. The van der Waals surface area contributed by atoms with E-state index < -0.39 is 5.92 Å². The van der Waals surface area contributed by atoms with Gasteiger partial charge in [0, 0.05) is 12.4 Å². The minimum atomic E-state index is -0.716. The van der Waals surface area contributed by atoms with E-state index in [1.807, 2.05) is 19.1 Å². The van der Waals surface area contributed by atoms with Crippen molar-refractivity contribution in [3.63, 3.8) is 0 Å². The summed E-state index contributed by atoms with van der Waals surface area (Å²) < 4.78 is 12.4. The Morgan fingerprint density at radius 2 is 1.75 bits per heavy atom. The highest BCUT2D eigenvalue weighted by molar-refractivity contribution is 9.10. The summed E-state index contributed by atoms with van der Waals surface area (Å²) in [6.07, 6.45) is 5.52. The molecule has 1 aliphatic carbocycles. The summed E-state index contributed by atoms with van der Waals surface area (Å²) in [4.78, 5) is 34.6. The second-order valence-electron chi connectivity index (χ2n) is 7.58. The maximum absolute atomic E-state index is 13.2. The fourth-order valence-corrected chi connectivity index (χ4v) is 5.12. The first-order chi connectivity index (χ1) is 13.6. The first-order valence-electron chi connectivity index (χ1n) is 9.58. The Morgan fingerprint density at radius 1 is 1.11 bits per heavy atom. The SMILES string of the molecule is CCc1ccc(Oc2ncc(Br)cn2)cc1C1C(=O)[C@@H]2[C@H](C1=O)[C@H]1CC[C@@H]2O1. The number of carbonyl (C=O) groups excluding carboxylic acids is 2. The van der Waals surface area contributed by atoms with Gasteiger partial charge in [0.2, 0.25) is 0 Å². The van der Waals surface area contributed by atoms with Gasteiger partial charge in [-0.3, -0.25) is 9.59 Å². The van der Waals surface area contributed by atoms with Crippen molar-refractivity contribution in [1.29, 1.82) is 0 Å². The molecule has 3 aliphatic rings. The highest BCUT2D eigenvalue weighted by Crippen LogP contribution is 2.52. The van der Waals surface area contributed by atoms with Gasteiger partial charge in [-0.25, -0.2) is 9.97 Å². The lowest BCUT2D eigenvalue weighted by Crippen LogP contribution is -2.29. The lowest BCUT2D eigenvalue weighted by molar-refractivity contribution is -0.127. The van der Waals surface area contributed by atoms with E-state index in [1.165, 1.54) is 0 Å². The second kappa shape index (κ2) is 6.74. The van der Waals surface area contributed by atoms with Crippen LogP contribution in [-0.2, 0) is 20.7 Å². The van der Waals surface area contributed by atoms with E-state index in [0.717, 1.165) is 34.9 Å². The van der Waals surface area contributed by atoms with Crippen LogP contribution in [0.3, 0.4) is 0 Å². The second-order valence-corrected chi connectivity index (χ2v) is 8.50. The molecule has 2 aliphatic heterocycles. The van der Waals surface area contributed by atoms with Crippen LogP contribution in [0.25, 0.3) is 0 Å². The number of benzene rings is 1. The summed E-state index contributed by atoms with van der Waals surface area (Å²) in [5, 5.41) is 0. The van der Waals surface area contributed by atoms with Crippen LogP contribution in [-0.4, -0.2) is 33.7 Å². The van der Waals surface area contributed by atoms with E-state index in [4.69, 9.17) is 9.47 Å². The van der Waals surface area contributed by atoms with Gasteiger partial charge in [0.05, 0.1) is 28.5 Å². The fraction of sp³-hybridized carbons (Fsp3) is 0.429. The van der Waals surface area contributed by atoms with E-state index >= 15 is 0 Å². The number of hydrogen-bond acceptors (Lipinski definition) is 6. The predicted molar refractivity (Wildman–Crippen MR) is 103 cm³/mol. The zero-order chi connectivity index (χ0) is 19.4. The van der Waals surface area contributed by atoms with Crippen molar-refractivity contribution in [1.82, 2.24) is 9.97 Å². The predicted octanol–water partition coefficient (Wildman–Crippen LogP) is 3.62. The van der Waals surface area contributed by atoms with E-state index in [-0.39, 0.29) is 41.6 Å². The van der Waals surface area contributed by atoms with Crippen molar-refractivity contribution < 1.29 is 19.1 Å². The summed E-state index contributed by atoms with van der Waals surface area (Å²) in [5.74, 6) is -0.735. The minimum absolute atomic E-state index is 0.00828. The van der Waals surface area contributed by atoms with Crippen LogP contribution in [0.15, 0.2) is 35.1 Å². The number of nitrogens with zero attached hydrogens (tertiary/aromatic N) is 2. The molecule has 6 nitrogen and oxygen atoms in total. The summed E-state index contributed by atoms with van der Waals surface area (Å²) in [6, 6.07) is 5.76. The van der Waals surface area contributed by atoms with Crippen LogP contribution < -0.4 is 4.74 Å². The number of Topliss-reactive ketones (excluding diaryl/α,β-unsaturated/α-hetero) is 2. The Kier molecular flexibility index (Phi) is 4.32. The number of aromatic nitrogens is 2. The molecule has 1 unspecified atom stereocenters. The Labute approximate surface area is 170 Å². The molecule has 2 bridgehead atoms. The molecule has 0 amide bonds. The Bertz CT molecular complexity index is 933. The number of ketones is 2. The van der Waals surface area contributed by atoms with Crippen molar-refractivity contribution in [2.45, 2.75) is 44.3 Å². The third kappa shape index (κ3) is 2.71. The molecule has 1 aromatic heterocycles. The molecule has 3 heterocycles. The summed E-state index contributed by atoms with van der Waals surface area (Å²) in [5.41, 5.74) is 1.74. The normalized spacial score (nSPS) is 30.7. The smallest absolute Gasteiger partial charge is 0.321 e. The van der Waals surface area contributed by atoms with Gasteiger partial charge < -0.3 is 9.47 Å². The van der Waals surface area contributed by atoms with Gasteiger partial charge in [-0.15, -0.1) is 0 Å². The van der Waals surface area contributed by atoms with Gasteiger partial charge >= 0.3 is 6.01 Å². The van der Waals surface area contributed by atoms with E-state index in [0.29, 0.717) is 5.75 Å². The average Bonchev–Trinajstić information content (AvgIpc) is 3.37. The number of hydrogen-bond donors (Lipinski definition) is 0. The maximum atomic E-state index is 13.2. The van der Waals surface area contributed by atoms with Crippen molar-refractivity contribution in [3.8, 4) is 11.8 Å². The Hall–Kier alpha value is -2.12. The third-order valence-corrected chi connectivity index (χ3v) is 6.52. The molecule has 2 aromatic rings. The quantitative estimate of drug-likeness (QED) is 0.672. The molecule has 7 heteroatoms. The number of fused-ring (bicyclic) bond motifs is 5. The zero-order valence-corrected chi connectivity index (χ0v) is 16.9. The van der Waals surface area contributed by atoms with Crippen LogP contribution in [0.1, 0.15) is 36.8 Å². The molecule has 5 atom stereocenters. The highest BCUT2D eigenvalue weighted by atomic mass is 79.9. The largest absolute Gasteiger partial charge is 0.424 e. The first-order valence-corrected chi connectivity index (χ1v) is 10.4. The van der Waals surface area contributed by atoms with Crippen molar-refractivity contribution >= 4 is 27.5 Å². The van der Waals surface area contributed by atoms with Crippen molar-refractivity contribution in [2.75, 3.05) is 0 Å². The molecule has 1 aromatic carbocycles. The lowest BCUT2D eigenvalue weighted by Gasteiger charge is -2.17. The van der Waals surface area contributed by atoms with Gasteiger partial charge in [-0.1, -0.05) is 13.0 Å². The average molecular weight is 443 g/mol. The standard InChI is InChI=1S/C21H19BrN2O4/c1-2-10-3-4-12(27-21-23-8-11(22)9-24-21)7-13(10)16-19(25)17-14-5-6-15(28-14)18(17)20(16)26/h3-4,7-9,14-18H,2,5-6H2,1H3/t14-,15+,16?,17-,18+. The van der Waals surface area contributed by atoms with Gasteiger partial charge in [0.25, 0.3) is 0 Å². The minimum Gasteiger partial charge on any atom is -0.424 e. The number of aryl methyl sites for hydroxylation is 1. The van der Waals surface area contributed by atoms with Crippen LogP contribution in [0.5, 0.6) is 11.8 Å².